The summed E-state index contributed by atoms with van der Waals surface area (Å²) in [5.74, 6) is 0. The van der Waals surface area contributed by atoms with E-state index in [2.05, 4.69) is 39.0 Å². The molecule has 0 aromatic carbocycles. The van der Waals surface area contributed by atoms with Crippen LogP contribution in [0, 0.1) is 11.5 Å². The van der Waals surface area contributed by atoms with Gasteiger partial charge in [0.1, 0.15) is 11.6 Å². The first-order valence-corrected chi connectivity index (χ1v) is 3.58. The summed E-state index contributed by atoms with van der Waals surface area (Å²) >= 11 is 0. The van der Waals surface area contributed by atoms with E-state index in [0.717, 1.165) is 0 Å². The van der Waals surface area contributed by atoms with Crippen molar-refractivity contribution in [3.05, 3.63) is 36.0 Å². The smallest absolute Gasteiger partial charge is 0.0531 e. The summed E-state index contributed by atoms with van der Waals surface area (Å²) in [6.07, 6.45) is 11.3. The minimum atomic E-state index is 0.237. The van der Waals surface area contributed by atoms with Crippen LogP contribution in [0.3, 0.4) is 0 Å². The van der Waals surface area contributed by atoms with Crippen molar-refractivity contribution in [1.82, 2.24) is 0 Å². The van der Waals surface area contributed by atoms with E-state index in [0.29, 0.717) is 0 Å². The van der Waals surface area contributed by atoms with E-state index < -0.39 is 0 Å². The SMILES string of the molecule is CC(C)(C)C1=CC=CC=[C+]1. The van der Waals surface area contributed by atoms with Gasteiger partial charge in [-0.15, -0.1) is 0 Å². The molecular formula is C10H13+. The quantitative estimate of drug-likeness (QED) is 0.446. The number of allylic oxidation sites excluding steroid dienone is 6. The molecule has 0 fully saturated rings. The zero-order valence-electron chi connectivity index (χ0n) is 6.81. The molecule has 0 aromatic rings. The summed E-state index contributed by atoms with van der Waals surface area (Å²) in [5, 5.41) is 0. The molecule has 0 saturated heterocycles. The van der Waals surface area contributed by atoms with Crippen LogP contribution in [0.1, 0.15) is 20.8 Å². The summed E-state index contributed by atoms with van der Waals surface area (Å²) in [6, 6.07) is 0. The molecule has 0 spiro atoms. The monoisotopic (exact) mass is 133 g/mol. The second kappa shape index (κ2) is 2.40. The molecule has 1 rings (SSSR count). The van der Waals surface area contributed by atoms with Gasteiger partial charge >= 0.3 is 0 Å². The highest BCUT2D eigenvalue weighted by molar-refractivity contribution is 5.31. The lowest BCUT2D eigenvalue weighted by Crippen LogP contribution is -2.08. The Kier molecular flexibility index (Phi) is 1.74. The van der Waals surface area contributed by atoms with Gasteiger partial charge in [0.15, 0.2) is 0 Å². The van der Waals surface area contributed by atoms with Crippen molar-refractivity contribution in [2.45, 2.75) is 20.8 Å². The van der Waals surface area contributed by atoms with Gasteiger partial charge in [-0.1, -0.05) is 20.8 Å². The molecule has 0 unspecified atom stereocenters. The Bertz CT molecular complexity index is 197. The third kappa shape index (κ3) is 1.55. The van der Waals surface area contributed by atoms with E-state index >= 15 is 0 Å². The molecule has 0 amide bonds. The molecule has 0 aromatic heterocycles. The van der Waals surface area contributed by atoms with Crippen LogP contribution in [0.25, 0.3) is 0 Å². The minimum Gasteiger partial charge on any atom is -0.0531 e. The second-order valence-electron chi connectivity index (χ2n) is 3.53. The molecule has 10 heavy (non-hydrogen) atoms. The molecule has 0 N–H and O–H groups in total. The largest absolute Gasteiger partial charge is 0.121 e. The molecule has 0 aliphatic heterocycles. The van der Waals surface area contributed by atoms with Gasteiger partial charge in [-0.25, -0.2) is 0 Å². The molecule has 0 heteroatoms. The van der Waals surface area contributed by atoms with Crippen LogP contribution in [0.4, 0.5) is 0 Å². The van der Waals surface area contributed by atoms with Crippen molar-refractivity contribution in [3.63, 3.8) is 0 Å². The maximum atomic E-state index is 3.21. The Morgan fingerprint density at radius 3 is 2.20 bits per heavy atom. The highest BCUT2D eigenvalue weighted by atomic mass is 14.2. The second-order valence-corrected chi connectivity index (χ2v) is 3.53. The Labute approximate surface area is 62.9 Å². The van der Waals surface area contributed by atoms with Crippen LogP contribution in [-0.4, -0.2) is 0 Å². The van der Waals surface area contributed by atoms with E-state index in [1.807, 2.05) is 12.2 Å². The highest BCUT2D eigenvalue weighted by Gasteiger charge is 2.20. The Morgan fingerprint density at radius 2 is 1.90 bits per heavy atom. The van der Waals surface area contributed by atoms with E-state index in [4.69, 9.17) is 0 Å². The lowest BCUT2D eigenvalue weighted by Gasteiger charge is -2.13. The third-order valence-electron chi connectivity index (χ3n) is 1.52. The normalized spacial score (nSPS) is 16.5. The van der Waals surface area contributed by atoms with Gasteiger partial charge in [0.05, 0.1) is 6.08 Å². The van der Waals surface area contributed by atoms with Crippen molar-refractivity contribution < 1.29 is 0 Å². The number of hydrogen-bond acceptors (Lipinski definition) is 0. The number of hydrogen-bond donors (Lipinski definition) is 0. The summed E-state index contributed by atoms with van der Waals surface area (Å²) < 4.78 is 0. The summed E-state index contributed by atoms with van der Waals surface area (Å²) in [5.41, 5.74) is 1.51. The highest BCUT2D eigenvalue weighted by Crippen LogP contribution is 2.26. The van der Waals surface area contributed by atoms with E-state index in [9.17, 15) is 0 Å². The van der Waals surface area contributed by atoms with Gasteiger partial charge in [-0.2, -0.15) is 0 Å². The molecular weight excluding hydrogens is 120 g/mol. The van der Waals surface area contributed by atoms with Crippen molar-refractivity contribution in [2.75, 3.05) is 0 Å². The molecule has 0 saturated carbocycles. The third-order valence-corrected chi connectivity index (χ3v) is 1.52. The molecule has 1 aliphatic rings. The molecule has 0 radical (unpaired) electrons. The lowest BCUT2D eigenvalue weighted by atomic mass is 9.85. The number of rotatable bonds is 0. The first-order valence-electron chi connectivity index (χ1n) is 3.58. The summed E-state index contributed by atoms with van der Waals surface area (Å²) in [7, 11) is 0. The molecule has 0 heterocycles. The van der Waals surface area contributed by atoms with E-state index in [-0.39, 0.29) is 5.41 Å². The first-order chi connectivity index (χ1) is 4.61. The Hall–Kier alpha value is -0.870. The van der Waals surface area contributed by atoms with Crippen LogP contribution in [0.15, 0.2) is 29.9 Å². The van der Waals surface area contributed by atoms with Gasteiger partial charge < -0.3 is 0 Å². The van der Waals surface area contributed by atoms with Gasteiger partial charge in [0.2, 0.25) is 0 Å². The fourth-order valence-corrected chi connectivity index (χ4v) is 0.860. The standard InChI is InChI=1S/C10H13/c1-10(2,3)9-7-5-4-6-8-9/h4-7H,1-3H3/q+1. The van der Waals surface area contributed by atoms with Gasteiger partial charge in [0.25, 0.3) is 0 Å². The van der Waals surface area contributed by atoms with Crippen molar-refractivity contribution in [2.24, 2.45) is 5.41 Å². The zero-order valence-corrected chi connectivity index (χ0v) is 6.81. The van der Waals surface area contributed by atoms with Crippen LogP contribution < -0.4 is 0 Å². The van der Waals surface area contributed by atoms with Crippen molar-refractivity contribution in [3.8, 4) is 0 Å². The van der Waals surface area contributed by atoms with Crippen LogP contribution in [0.5, 0.6) is 0 Å². The molecule has 52 valence electrons. The van der Waals surface area contributed by atoms with E-state index in [1.54, 1.807) is 0 Å². The minimum absolute atomic E-state index is 0.237. The average Bonchev–Trinajstić information content (AvgIpc) is 1.88. The van der Waals surface area contributed by atoms with Gasteiger partial charge in [0, 0.05) is 23.6 Å². The van der Waals surface area contributed by atoms with Crippen LogP contribution in [0.2, 0.25) is 0 Å². The maximum Gasteiger partial charge on any atom is 0.121 e. The molecule has 0 atom stereocenters. The molecule has 0 bridgehead atoms. The maximum absolute atomic E-state index is 3.21. The Balaban J connectivity index is 2.85. The van der Waals surface area contributed by atoms with Crippen LogP contribution in [-0.2, 0) is 0 Å². The molecule has 1 aliphatic carbocycles. The van der Waals surface area contributed by atoms with Crippen LogP contribution >= 0.6 is 0 Å². The van der Waals surface area contributed by atoms with Gasteiger partial charge in [-0.05, 0) is 0 Å². The average molecular weight is 133 g/mol. The fourth-order valence-electron chi connectivity index (χ4n) is 0.860. The lowest BCUT2D eigenvalue weighted by molar-refractivity contribution is 0.513. The van der Waals surface area contributed by atoms with Crippen molar-refractivity contribution >= 4 is 0 Å². The van der Waals surface area contributed by atoms with Crippen molar-refractivity contribution in [1.29, 1.82) is 0 Å². The van der Waals surface area contributed by atoms with Gasteiger partial charge in [-0.3, -0.25) is 0 Å². The Morgan fingerprint density at radius 1 is 1.20 bits per heavy atom. The topological polar surface area (TPSA) is 0 Å². The predicted molar refractivity (Wildman–Crippen MR) is 44.5 cm³/mol. The fraction of sp³-hybridized carbons (Fsp3) is 0.400. The first kappa shape index (κ1) is 7.24. The van der Waals surface area contributed by atoms with E-state index in [1.165, 1.54) is 5.57 Å². The summed E-state index contributed by atoms with van der Waals surface area (Å²) in [6.45, 7) is 6.58. The summed E-state index contributed by atoms with van der Waals surface area (Å²) in [4.78, 5) is 0. The predicted octanol–water partition coefficient (Wildman–Crippen LogP) is 2.89. The zero-order chi connectivity index (χ0) is 7.61. The molecule has 0 nitrogen and oxygen atoms in total.